The third-order valence-corrected chi connectivity index (χ3v) is 7.42. The van der Waals surface area contributed by atoms with E-state index < -0.39 is 12.0 Å². The number of hydrogen-bond donors (Lipinski definition) is 1. The Hall–Kier alpha value is -3.72. The molecule has 0 saturated heterocycles. The molecule has 2 aromatic carbocycles. The number of nitrogens with one attached hydrogen (secondary N) is 1. The molecule has 1 amide bonds. The molecule has 4 rings (SSSR count). The molecule has 0 spiro atoms. The highest BCUT2D eigenvalue weighted by molar-refractivity contribution is 8.16. The van der Waals surface area contributed by atoms with Crippen molar-refractivity contribution in [1.82, 2.24) is 10.2 Å². The van der Waals surface area contributed by atoms with Gasteiger partial charge in [0.05, 0.1) is 38.0 Å². The number of esters is 1. The molecule has 0 aliphatic carbocycles. The largest absolute Gasteiger partial charge is 0.497 e. The number of aliphatic imine (C=N–C) groups is 1. The van der Waals surface area contributed by atoms with Crippen molar-refractivity contribution in [2.75, 3.05) is 14.2 Å². The lowest BCUT2D eigenvalue weighted by Gasteiger charge is -2.37. The summed E-state index contributed by atoms with van der Waals surface area (Å²) < 4.78 is 16.9. The number of benzene rings is 2. The van der Waals surface area contributed by atoms with Crippen LogP contribution in [0.2, 0.25) is 0 Å². The van der Waals surface area contributed by atoms with Gasteiger partial charge in [-0.3, -0.25) is 4.79 Å². The minimum absolute atomic E-state index is 0.0646. The average Bonchev–Trinajstić information content (AvgIpc) is 3.32. The zero-order valence-electron chi connectivity index (χ0n) is 22.3. The molecule has 2 aliphatic heterocycles. The zero-order chi connectivity index (χ0) is 27.2. The van der Waals surface area contributed by atoms with E-state index >= 15 is 0 Å². The number of nitrogens with zero attached hydrogens (tertiary/aromatic N) is 2. The van der Waals surface area contributed by atoms with E-state index in [1.807, 2.05) is 66.6 Å². The van der Waals surface area contributed by atoms with Gasteiger partial charge in [0.25, 0.3) is 0 Å². The topological polar surface area (TPSA) is 89.5 Å². The normalized spacial score (nSPS) is 17.3. The molecule has 0 saturated carbocycles. The van der Waals surface area contributed by atoms with Crippen LogP contribution in [0.15, 0.2) is 75.9 Å². The van der Waals surface area contributed by atoms with Crippen molar-refractivity contribution in [2.45, 2.75) is 52.3 Å². The molecule has 1 N–H and O–H groups in total. The second-order valence-electron chi connectivity index (χ2n) is 9.12. The first-order valence-corrected chi connectivity index (χ1v) is 13.4. The fourth-order valence-electron chi connectivity index (χ4n) is 4.36. The molecular weight excluding hydrogens is 502 g/mol. The third-order valence-electron chi connectivity index (χ3n) is 6.53. The van der Waals surface area contributed by atoms with Crippen molar-refractivity contribution in [3.05, 3.63) is 82.0 Å². The minimum Gasteiger partial charge on any atom is -0.497 e. The van der Waals surface area contributed by atoms with E-state index in [0.717, 1.165) is 23.2 Å². The minimum atomic E-state index is -0.607. The van der Waals surface area contributed by atoms with Gasteiger partial charge in [-0.1, -0.05) is 49.0 Å². The molecule has 2 unspecified atom stereocenters. The monoisotopic (exact) mass is 535 g/mol. The number of methoxy groups -OCH3 is 2. The molecule has 0 radical (unpaired) electrons. The van der Waals surface area contributed by atoms with E-state index in [1.165, 1.54) is 11.8 Å². The van der Waals surface area contributed by atoms with E-state index in [1.54, 1.807) is 27.2 Å². The van der Waals surface area contributed by atoms with Crippen LogP contribution in [0.3, 0.4) is 0 Å². The van der Waals surface area contributed by atoms with Crippen LogP contribution >= 0.6 is 11.8 Å². The maximum Gasteiger partial charge on any atom is 0.338 e. The Kier molecular flexibility index (Phi) is 8.78. The summed E-state index contributed by atoms with van der Waals surface area (Å²) in [7, 11) is 3.17. The van der Waals surface area contributed by atoms with Gasteiger partial charge in [0.15, 0.2) is 5.17 Å². The summed E-state index contributed by atoms with van der Waals surface area (Å²) in [5, 5.41) is 5.64. The van der Waals surface area contributed by atoms with Gasteiger partial charge in [0, 0.05) is 23.4 Å². The predicted molar refractivity (Wildman–Crippen MR) is 149 cm³/mol. The lowest BCUT2D eigenvalue weighted by molar-refractivity contribution is -0.141. The van der Waals surface area contributed by atoms with Crippen LogP contribution in [0.4, 0.5) is 0 Å². The smallest absolute Gasteiger partial charge is 0.338 e. The molecule has 0 bridgehead atoms. The summed E-state index contributed by atoms with van der Waals surface area (Å²) in [6.45, 7) is 5.94. The van der Waals surface area contributed by atoms with Gasteiger partial charge in [0.1, 0.15) is 18.1 Å². The molecular formula is C29H33N3O5S. The van der Waals surface area contributed by atoms with Gasteiger partial charge in [-0.15, -0.1) is 0 Å². The number of carbonyl (C=O) groups excluding carboxylic acids is 2. The maximum atomic E-state index is 13.6. The van der Waals surface area contributed by atoms with Crippen LogP contribution < -0.4 is 14.8 Å². The Morgan fingerprint density at radius 3 is 2.58 bits per heavy atom. The molecule has 0 fully saturated rings. The Morgan fingerprint density at radius 1 is 1.13 bits per heavy atom. The first-order chi connectivity index (χ1) is 18.4. The fourth-order valence-corrected chi connectivity index (χ4v) is 5.33. The molecule has 200 valence electrons. The van der Waals surface area contributed by atoms with Crippen molar-refractivity contribution in [3.8, 4) is 11.5 Å². The highest BCUT2D eigenvalue weighted by atomic mass is 32.2. The van der Waals surface area contributed by atoms with Crippen molar-refractivity contribution < 1.29 is 23.8 Å². The summed E-state index contributed by atoms with van der Waals surface area (Å²) in [4.78, 5) is 33.2. The maximum absolute atomic E-state index is 13.6. The molecule has 2 atom stereocenters. The second kappa shape index (κ2) is 12.2. The fraction of sp³-hybridized carbons (Fsp3) is 0.345. The molecule has 2 heterocycles. The SMILES string of the molecule is CCC(C)NC(=O)CC1=CSC2=NC(C)=C(C(=O)OCc3ccccc3)C(c3ccc(OC)cc3OC)N12. The summed E-state index contributed by atoms with van der Waals surface area (Å²) >= 11 is 1.43. The van der Waals surface area contributed by atoms with Crippen LogP contribution in [-0.4, -0.2) is 42.2 Å². The number of thioether (sulfide) groups is 1. The Bertz CT molecular complexity index is 1290. The average molecular weight is 536 g/mol. The van der Waals surface area contributed by atoms with Crippen molar-refractivity contribution in [2.24, 2.45) is 4.99 Å². The van der Waals surface area contributed by atoms with E-state index in [-0.39, 0.29) is 25.0 Å². The number of rotatable bonds is 10. The predicted octanol–water partition coefficient (Wildman–Crippen LogP) is 5.33. The van der Waals surface area contributed by atoms with Gasteiger partial charge in [-0.25, -0.2) is 9.79 Å². The van der Waals surface area contributed by atoms with E-state index in [2.05, 4.69) is 5.32 Å². The lowest BCUT2D eigenvalue weighted by atomic mass is 9.93. The standard InChI is InChI=1S/C29H33N3O5S/c1-6-18(2)30-25(33)14-21-17-38-29-31-19(3)26(28(34)37-16-20-10-8-7-9-11-20)27(32(21)29)23-13-12-22(35-4)15-24(23)36-5/h7-13,15,17-18,27H,6,14,16H2,1-5H3,(H,30,33). The van der Waals surface area contributed by atoms with E-state index in [9.17, 15) is 9.59 Å². The molecule has 9 heteroatoms. The summed E-state index contributed by atoms with van der Waals surface area (Å²) in [5.74, 6) is 0.616. The number of allylic oxidation sites excluding steroid dienone is 1. The number of ether oxygens (including phenoxy) is 3. The number of amides is 1. The number of carbonyl (C=O) groups is 2. The first-order valence-electron chi connectivity index (χ1n) is 12.5. The van der Waals surface area contributed by atoms with Gasteiger partial charge in [-0.05, 0) is 43.4 Å². The van der Waals surface area contributed by atoms with Crippen molar-refractivity contribution in [1.29, 1.82) is 0 Å². The van der Waals surface area contributed by atoms with Crippen LogP contribution in [-0.2, 0) is 20.9 Å². The van der Waals surface area contributed by atoms with Gasteiger partial charge < -0.3 is 24.4 Å². The molecule has 0 aromatic heterocycles. The second-order valence-corrected chi connectivity index (χ2v) is 9.95. The molecule has 38 heavy (non-hydrogen) atoms. The summed E-state index contributed by atoms with van der Waals surface area (Å²) in [5.41, 5.74) is 3.32. The van der Waals surface area contributed by atoms with Crippen molar-refractivity contribution >= 4 is 28.8 Å². The lowest BCUT2D eigenvalue weighted by Crippen LogP contribution is -2.39. The number of hydrogen-bond acceptors (Lipinski definition) is 8. The molecule has 2 aliphatic rings. The van der Waals surface area contributed by atoms with Crippen LogP contribution in [0, 0.1) is 0 Å². The number of amidine groups is 1. The third kappa shape index (κ3) is 5.88. The van der Waals surface area contributed by atoms with Crippen LogP contribution in [0.5, 0.6) is 11.5 Å². The zero-order valence-corrected chi connectivity index (χ0v) is 23.1. The van der Waals surface area contributed by atoms with Gasteiger partial charge >= 0.3 is 5.97 Å². The summed E-state index contributed by atoms with van der Waals surface area (Å²) in [6, 6.07) is 14.5. The van der Waals surface area contributed by atoms with Gasteiger partial charge in [-0.2, -0.15) is 0 Å². The van der Waals surface area contributed by atoms with E-state index in [4.69, 9.17) is 19.2 Å². The Morgan fingerprint density at radius 2 is 1.89 bits per heavy atom. The quantitative estimate of drug-likeness (QED) is 0.412. The highest BCUT2D eigenvalue weighted by Crippen LogP contribution is 2.47. The Balaban J connectivity index is 1.73. The highest BCUT2D eigenvalue weighted by Gasteiger charge is 2.42. The first kappa shape index (κ1) is 27.3. The van der Waals surface area contributed by atoms with Crippen LogP contribution in [0.25, 0.3) is 0 Å². The summed E-state index contributed by atoms with van der Waals surface area (Å²) in [6.07, 6.45) is 0.984. The van der Waals surface area contributed by atoms with E-state index in [0.29, 0.717) is 27.9 Å². The molecule has 8 nitrogen and oxygen atoms in total. The van der Waals surface area contributed by atoms with Crippen LogP contribution in [0.1, 0.15) is 50.8 Å². The number of fused-ring (bicyclic) bond motifs is 1. The van der Waals surface area contributed by atoms with Gasteiger partial charge in [0.2, 0.25) is 5.91 Å². The van der Waals surface area contributed by atoms with Crippen molar-refractivity contribution in [3.63, 3.8) is 0 Å². The molecule has 2 aromatic rings. The Labute approximate surface area is 227 Å².